The number of carbonyl (C=O) groups excluding carboxylic acids is 1. The first-order valence-electron chi connectivity index (χ1n) is 11.8. The maximum absolute atomic E-state index is 13.5. The summed E-state index contributed by atoms with van der Waals surface area (Å²) in [6, 6.07) is 11.1. The van der Waals surface area contributed by atoms with E-state index in [1.165, 1.54) is 19.2 Å². The number of carboxylic acid groups (broad SMARTS) is 1. The van der Waals surface area contributed by atoms with Gasteiger partial charge >= 0.3 is 5.97 Å². The molecule has 6 nitrogen and oxygen atoms in total. The zero-order valence-electron chi connectivity index (χ0n) is 20.4. The number of benzene rings is 2. The third-order valence-corrected chi connectivity index (χ3v) is 6.18. The van der Waals surface area contributed by atoms with Gasteiger partial charge in [0.15, 0.2) is 0 Å². The molecular weight excluding hydrogens is 459 g/mol. The van der Waals surface area contributed by atoms with Crippen LogP contribution in [0.25, 0.3) is 39.0 Å². The zero-order chi connectivity index (χ0) is 26.0. The number of nitrogens with zero attached hydrogens (tertiary/aromatic N) is 1. The van der Waals surface area contributed by atoms with Gasteiger partial charge in [-0.1, -0.05) is 26.8 Å². The van der Waals surface area contributed by atoms with E-state index in [0.717, 1.165) is 17.5 Å². The van der Waals surface area contributed by atoms with Crippen LogP contribution in [0.5, 0.6) is 0 Å². The fraction of sp³-hybridized carbons (Fsp3) is 0.207. The molecule has 1 amide bonds. The zero-order valence-corrected chi connectivity index (χ0v) is 20.4. The highest BCUT2D eigenvalue weighted by atomic mass is 19.1. The van der Waals surface area contributed by atoms with E-state index < -0.39 is 5.97 Å². The summed E-state index contributed by atoms with van der Waals surface area (Å²) in [6.07, 6.45) is 3.77. The summed E-state index contributed by atoms with van der Waals surface area (Å²) >= 11 is 0. The number of hydrogen-bond donors (Lipinski definition) is 2. The van der Waals surface area contributed by atoms with Crippen molar-refractivity contribution in [2.45, 2.75) is 33.1 Å². The van der Waals surface area contributed by atoms with Crippen LogP contribution in [0.15, 0.2) is 59.7 Å². The van der Waals surface area contributed by atoms with Crippen LogP contribution in [0.3, 0.4) is 0 Å². The molecule has 2 aromatic heterocycles. The summed E-state index contributed by atoms with van der Waals surface area (Å²) < 4.78 is 19.7. The lowest BCUT2D eigenvalue weighted by Crippen LogP contribution is -2.18. The molecule has 4 rings (SSSR count). The number of halogens is 1. The van der Waals surface area contributed by atoms with Crippen molar-refractivity contribution in [1.82, 2.24) is 10.3 Å². The van der Waals surface area contributed by atoms with Crippen molar-refractivity contribution in [2.75, 3.05) is 7.05 Å². The number of hydrogen-bond acceptors (Lipinski definition) is 4. The number of allylic oxidation sites excluding steroid dienone is 1. The Labute approximate surface area is 208 Å². The number of pyridine rings is 1. The molecular formula is C29H27FN2O4. The van der Waals surface area contributed by atoms with E-state index >= 15 is 0 Å². The van der Waals surface area contributed by atoms with Crippen molar-refractivity contribution in [2.24, 2.45) is 0 Å². The van der Waals surface area contributed by atoms with Crippen LogP contribution in [0, 0.1) is 5.82 Å². The summed E-state index contributed by atoms with van der Waals surface area (Å²) in [5.41, 5.74) is 4.82. The average molecular weight is 487 g/mol. The highest BCUT2D eigenvalue weighted by Gasteiger charge is 2.24. The Morgan fingerprint density at radius 3 is 2.44 bits per heavy atom. The van der Waals surface area contributed by atoms with Crippen LogP contribution < -0.4 is 5.32 Å². The van der Waals surface area contributed by atoms with Crippen molar-refractivity contribution in [3.63, 3.8) is 0 Å². The van der Waals surface area contributed by atoms with E-state index in [1.54, 1.807) is 24.4 Å². The Bertz CT molecular complexity index is 1490. The van der Waals surface area contributed by atoms with Crippen molar-refractivity contribution in [3.8, 4) is 22.5 Å². The molecule has 0 radical (unpaired) electrons. The number of rotatable bonds is 8. The van der Waals surface area contributed by atoms with E-state index in [-0.39, 0.29) is 17.3 Å². The smallest absolute Gasteiger partial charge is 0.337 e. The quantitative estimate of drug-likeness (QED) is 0.288. The number of aryl methyl sites for hydroxylation is 1. The number of aromatic carboxylic acids is 1. The highest BCUT2D eigenvalue weighted by Crippen LogP contribution is 2.38. The van der Waals surface area contributed by atoms with Crippen molar-refractivity contribution in [3.05, 3.63) is 83.4 Å². The van der Waals surface area contributed by atoms with Crippen molar-refractivity contribution < 1.29 is 23.5 Å². The fourth-order valence-corrected chi connectivity index (χ4v) is 4.31. The van der Waals surface area contributed by atoms with Gasteiger partial charge in [0.1, 0.15) is 17.2 Å². The van der Waals surface area contributed by atoms with Crippen LogP contribution in [0.1, 0.15) is 58.7 Å². The number of amides is 1. The molecule has 184 valence electrons. The first-order valence-corrected chi connectivity index (χ1v) is 11.8. The van der Waals surface area contributed by atoms with Gasteiger partial charge in [-0.3, -0.25) is 9.78 Å². The number of aromatic nitrogens is 1. The Hall–Kier alpha value is -4.26. The summed E-state index contributed by atoms with van der Waals surface area (Å²) in [5.74, 6) is -1.48. The summed E-state index contributed by atoms with van der Waals surface area (Å²) in [7, 11) is 1.53. The lowest BCUT2D eigenvalue weighted by molar-refractivity contribution is 0.0695. The van der Waals surface area contributed by atoms with Gasteiger partial charge in [-0.05, 0) is 72.0 Å². The molecule has 2 N–H and O–H groups in total. The van der Waals surface area contributed by atoms with Crippen LogP contribution in [-0.2, 0) is 6.42 Å². The van der Waals surface area contributed by atoms with E-state index in [1.807, 2.05) is 26.0 Å². The Morgan fingerprint density at radius 2 is 1.83 bits per heavy atom. The predicted molar refractivity (Wildman–Crippen MR) is 139 cm³/mol. The summed E-state index contributed by atoms with van der Waals surface area (Å²) in [4.78, 5) is 29.4. The lowest BCUT2D eigenvalue weighted by Gasteiger charge is -2.13. The molecule has 4 aromatic rings. The second-order valence-corrected chi connectivity index (χ2v) is 8.53. The Morgan fingerprint density at radius 1 is 1.11 bits per heavy atom. The number of carboxylic acids is 1. The first-order chi connectivity index (χ1) is 17.3. The third kappa shape index (κ3) is 4.52. The monoisotopic (exact) mass is 486 g/mol. The minimum absolute atomic E-state index is 0.0765. The number of carbonyl (C=O) groups is 2. The Balaban J connectivity index is 2.00. The van der Waals surface area contributed by atoms with E-state index in [9.17, 15) is 19.1 Å². The van der Waals surface area contributed by atoms with E-state index in [0.29, 0.717) is 57.5 Å². The van der Waals surface area contributed by atoms with Gasteiger partial charge < -0.3 is 14.8 Å². The minimum Gasteiger partial charge on any atom is -0.478 e. The van der Waals surface area contributed by atoms with Crippen LogP contribution in [0.2, 0.25) is 0 Å². The van der Waals surface area contributed by atoms with Gasteiger partial charge in [-0.2, -0.15) is 0 Å². The van der Waals surface area contributed by atoms with Crippen LogP contribution in [0.4, 0.5) is 4.39 Å². The van der Waals surface area contributed by atoms with E-state index in [4.69, 9.17) is 4.42 Å². The molecule has 2 aromatic carbocycles. The molecule has 0 aliphatic heterocycles. The van der Waals surface area contributed by atoms with Crippen molar-refractivity contribution in [1.29, 1.82) is 0 Å². The SMILES string of the molecule is C=C(CC)c1ncc(-c2cc3c(C(=O)NC)c(-c4ccc(F)cc4)oc3cc2CCC)cc1C(=O)O. The van der Waals surface area contributed by atoms with Gasteiger partial charge in [0.2, 0.25) is 0 Å². The second-order valence-electron chi connectivity index (χ2n) is 8.53. The summed E-state index contributed by atoms with van der Waals surface area (Å²) in [5, 5.41) is 13.1. The number of fused-ring (bicyclic) bond motifs is 1. The summed E-state index contributed by atoms with van der Waals surface area (Å²) in [6.45, 7) is 7.89. The van der Waals surface area contributed by atoms with Gasteiger partial charge in [0, 0.05) is 29.8 Å². The van der Waals surface area contributed by atoms with Gasteiger partial charge in [-0.15, -0.1) is 0 Å². The molecule has 0 fully saturated rings. The number of nitrogens with one attached hydrogen (secondary N) is 1. The van der Waals surface area contributed by atoms with Gasteiger partial charge in [0.25, 0.3) is 5.91 Å². The molecule has 7 heteroatoms. The molecule has 0 spiro atoms. The maximum Gasteiger partial charge on any atom is 0.337 e. The Kier molecular flexibility index (Phi) is 7.01. The molecule has 0 atom stereocenters. The number of furan rings is 1. The lowest BCUT2D eigenvalue weighted by atomic mass is 9.93. The average Bonchev–Trinajstić information content (AvgIpc) is 3.25. The van der Waals surface area contributed by atoms with Crippen LogP contribution in [-0.4, -0.2) is 29.0 Å². The van der Waals surface area contributed by atoms with Gasteiger partial charge in [-0.25, -0.2) is 9.18 Å². The normalized spacial score (nSPS) is 11.0. The molecule has 36 heavy (non-hydrogen) atoms. The standard InChI is InChI=1S/C29H27FN2O4/c1-5-7-18-13-24-22(25(28(33)31-4)27(36-24)17-8-10-20(30)11-9-17)14-21(18)19-12-23(29(34)35)26(32-15-19)16(3)6-2/h8-15H,3,5-7H2,1-2,4H3,(H,31,33)(H,34,35). The third-order valence-electron chi connectivity index (χ3n) is 6.18. The molecule has 2 heterocycles. The first kappa shape index (κ1) is 24.9. The van der Waals surface area contributed by atoms with Crippen LogP contribution >= 0.6 is 0 Å². The topological polar surface area (TPSA) is 92.4 Å². The molecule has 0 unspecified atom stereocenters. The largest absolute Gasteiger partial charge is 0.478 e. The van der Waals surface area contributed by atoms with E-state index in [2.05, 4.69) is 16.9 Å². The molecule has 0 aliphatic carbocycles. The maximum atomic E-state index is 13.5. The molecule has 0 saturated heterocycles. The molecule has 0 bridgehead atoms. The predicted octanol–water partition coefficient (Wildman–Crippen LogP) is 6.73. The van der Waals surface area contributed by atoms with Crippen molar-refractivity contribution >= 4 is 28.4 Å². The minimum atomic E-state index is -1.08. The molecule has 0 saturated carbocycles. The van der Waals surface area contributed by atoms with Gasteiger partial charge in [0.05, 0.1) is 16.8 Å². The molecule has 0 aliphatic rings. The fourth-order valence-electron chi connectivity index (χ4n) is 4.31. The second kappa shape index (κ2) is 10.2. The highest BCUT2D eigenvalue weighted by molar-refractivity contribution is 6.12.